The Bertz CT molecular complexity index is 1010. The fraction of sp³-hybridized carbons (Fsp3) is 0.391. The van der Waals surface area contributed by atoms with E-state index in [9.17, 15) is 9.59 Å². The molecule has 152 valence electrons. The summed E-state index contributed by atoms with van der Waals surface area (Å²) >= 11 is 1.42. The van der Waals surface area contributed by atoms with E-state index in [0.29, 0.717) is 10.8 Å². The number of carbonyl (C=O) groups is 2. The van der Waals surface area contributed by atoms with Crippen LogP contribution in [-0.2, 0) is 6.54 Å². The van der Waals surface area contributed by atoms with Crippen LogP contribution in [0.4, 0.5) is 5.69 Å². The number of rotatable bonds is 6. The van der Waals surface area contributed by atoms with Crippen LogP contribution < -0.4 is 5.32 Å². The molecule has 0 bridgehead atoms. The first-order chi connectivity index (χ1) is 14.0. The highest BCUT2D eigenvalue weighted by Gasteiger charge is 2.24. The molecule has 3 aromatic rings. The van der Waals surface area contributed by atoms with Crippen LogP contribution in [0.2, 0.25) is 0 Å². The van der Waals surface area contributed by atoms with Gasteiger partial charge in [-0.05, 0) is 60.9 Å². The molecule has 1 saturated heterocycles. The van der Waals surface area contributed by atoms with E-state index in [2.05, 4.69) is 23.7 Å². The van der Waals surface area contributed by atoms with Crippen molar-refractivity contribution in [3.05, 3.63) is 52.3 Å². The quantitative estimate of drug-likeness (QED) is 0.605. The predicted octanol–water partition coefficient (Wildman–Crippen LogP) is 5.24. The highest BCUT2D eigenvalue weighted by molar-refractivity contribution is 7.12. The number of aromatic nitrogens is 1. The van der Waals surface area contributed by atoms with Crippen LogP contribution >= 0.6 is 11.3 Å². The molecular weight excluding hydrogens is 382 g/mol. The van der Waals surface area contributed by atoms with Crippen molar-refractivity contribution in [2.45, 2.75) is 39.7 Å². The third-order valence-electron chi connectivity index (χ3n) is 5.45. The molecule has 2 aromatic heterocycles. The summed E-state index contributed by atoms with van der Waals surface area (Å²) in [6.45, 7) is 6.90. The van der Waals surface area contributed by atoms with E-state index in [-0.39, 0.29) is 11.8 Å². The van der Waals surface area contributed by atoms with Gasteiger partial charge in [-0.1, -0.05) is 19.9 Å². The summed E-state index contributed by atoms with van der Waals surface area (Å²) in [6.07, 6.45) is 3.18. The Morgan fingerprint density at radius 2 is 1.93 bits per heavy atom. The van der Waals surface area contributed by atoms with Gasteiger partial charge in [0.25, 0.3) is 11.8 Å². The zero-order valence-electron chi connectivity index (χ0n) is 17.0. The number of anilines is 1. The van der Waals surface area contributed by atoms with Gasteiger partial charge >= 0.3 is 0 Å². The van der Waals surface area contributed by atoms with Crippen LogP contribution in [0.15, 0.2) is 41.8 Å². The Labute approximate surface area is 175 Å². The van der Waals surface area contributed by atoms with Crippen LogP contribution in [-0.4, -0.2) is 34.4 Å². The number of hydrogen-bond acceptors (Lipinski definition) is 3. The molecule has 4 rings (SSSR count). The van der Waals surface area contributed by atoms with Gasteiger partial charge in [0, 0.05) is 36.2 Å². The number of aryl methyl sites for hydroxylation is 1. The lowest BCUT2D eigenvalue weighted by molar-refractivity contribution is 0.0782. The topological polar surface area (TPSA) is 54.3 Å². The van der Waals surface area contributed by atoms with Crippen molar-refractivity contribution >= 4 is 39.7 Å². The summed E-state index contributed by atoms with van der Waals surface area (Å²) in [5.41, 5.74) is 2.55. The molecule has 5 nitrogen and oxygen atoms in total. The molecule has 0 aliphatic carbocycles. The number of amides is 2. The average Bonchev–Trinajstić information content (AvgIpc) is 3.46. The SMILES string of the molecule is CC(C)CCn1c(C(=O)N2CCCC2)cc2cc(NC(=O)c3cccs3)ccc21. The highest BCUT2D eigenvalue weighted by Crippen LogP contribution is 2.27. The highest BCUT2D eigenvalue weighted by atomic mass is 32.1. The van der Waals surface area contributed by atoms with Gasteiger partial charge in [0.05, 0.1) is 4.88 Å². The Morgan fingerprint density at radius 3 is 2.62 bits per heavy atom. The van der Waals surface area contributed by atoms with Crippen molar-refractivity contribution in [1.82, 2.24) is 9.47 Å². The molecule has 0 saturated carbocycles. The van der Waals surface area contributed by atoms with Gasteiger partial charge in [0.15, 0.2) is 0 Å². The second-order valence-electron chi connectivity index (χ2n) is 8.07. The van der Waals surface area contributed by atoms with E-state index < -0.39 is 0 Å². The average molecular weight is 410 g/mol. The van der Waals surface area contributed by atoms with Gasteiger partial charge in [-0.3, -0.25) is 9.59 Å². The monoisotopic (exact) mass is 409 g/mol. The lowest BCUT2D eigenvalue weighted by Gasteiger charge is -2.18. The largest absolute Gasteiger partial charge is 0.337 e. The first-order valence-corrected chi connectivity index (χ1v) is 11.2. The minimum atomic E-state index is -0.105. The van der Waals surface area contributed by atoms with Crippen LogP contribution in [0, 0.1) is 5.92 Å². The van der Waals surface area contributed by atoms with E-state index in [1.54, 1.807) is 0 Å². The van der Waals surface area contributed by atoms with Crippen LogP contribution in [0.3, 0.4) is 0 Å². The minimum Gasteiger partial charge on any atom is -0.337 e. The van der Waals surface area contributed by atoms with E-state index >= 15 is 0 Å². The van der Waals surface area contributed by atoms with Crippen LogP contribution in [0.5, 0.6) is 0 Å². The summed E-state index contributed by atoms with van der Waals surface area (Å²) in [5.74, 6) is 0.574. The fourth-order valence-corrected chi connectivity index (χ4v) is 4.46. The Morgan fingerprint density at radius 1 is 1.14 bits per heavy atom. The molecular formula is C23H27N3O2S. The molecule has 1 aliphatic rings. The minimum absolute atomic E-state index is 0.105. The maximum atomic E-state index is 13.1. The van der Waals surface area contributed by atoms with Crippen LogP contribution in [0.1, 0.15) is 53.3 Å². The molecule has 0 unspecified atom stereocenters. The van der Waals surface area contributed by atoms with E-state index in [4.69, 9.17) is 0 Å². The van der Waals surface area contributed by atoms with Crippen molar-refractivity contribution in [3.63, 3.8) is 0 Å². The van der Waals surface area contributed by atoms with Gasteiger partial charge in [-0.15, -0.1) is 11.3 Å². The third kappa shape index (κ3) is 4.22. The summed E-state index contributed by atoms with van der Waals surface area (Å²) < 4.78 is 2.15. The summed E-state index contributed by atoms with van der Waals surface area (Å²) in [6, 6.07) is 11.6. The Balaban J connectivity index is 1.66. The molecule has 0 atom stereocenters. The number of benzene rings is 1. The summed E-state index contributed by atoms with van der Waals surface area (Å²) in [5, 5.41) is 5.85. The molecule has 29 heavy (non-hydrogen) atoms. The van der Waals surface area contributed by atoms with E-state index in [0.717, 1.165) is 61.2 Å². The number of nitrogens with one attached hydrogen (secondary N) is 1. The molecule has 0 radical (unpaired) electrons. The third-order valence-corrected chi connectivity index (χ3v) is 6.32. The number of hydrogen-bond donors (Lipinski definition) is 1. The van der Waals surface area contributed by atoms with Gasteiger partial charge in [-0.2, -0.15) is 0 Å². The standard InChI is InChI=1S/C23H27N3O2S/c1-16(2)9-12-26-19-8-7-18(24-22(27)21-6-5-13-29-21)14-17(19)15-20(26)23(28)25-10-3-4-11-25/h5-8,13-16H,3-4,9-12H2,1-2H3,(H,24,27). The van der Waals surface area contributed by atoms with E-state index in [1.807, 2.05) is 46.7 Å². The first kappa shape index (κ1) is 19.7. The van der Waals surface area contributed by atoms with Crippen molar-refractivity contribution in [2.75, 3.05) is 18.4 Å². The van der Waals surface area contributed by atoms with Gasteiger partial charge in [0.2, 0.25) is 0 Å². The summed E-state index contributed by atoms with van der Waals surface area (Å²) in [4.78, 5) is 28.2. The normalized spacial score (nSPS) is 14.1. The zero-order chi connectivity index (χ0) is 20.4. The second kappa shape index (κ2) is 8.41. The van der Waals surface area contributed by atoms with E-state index in [1.165, 1.54) is 11.3 Å². The van der Waals surface area contributed by atoms with Crippen molar-refractivity contribution < 1.29 is 9.59 Å². The molecule has 0 spiro atoms. The Hall–Kier alpha value is -2.60. The molecule has 1 fully saturated rings. The maximum absolute atomic E-state index is 13.1. The number of carbonyl (C=O) groups excluding carboxylic acids is 2. The number of thiophene rings is 1. The number of nitrogens with zero attached hydrogens (tertiary/aromatic N) is 2. The lowest BCUT2D eigenvalue weighted by Crippen LogP contribution is -2.29. The first-order valence-electron chi connectivity index (χ1n) is 10.3. The molecule has 1 aromatic carbocycles. The van der Waals surface area contributed by atoms with Gasteiger partial charge in [0.1, 0.15) is 5.69 Å². The molecule has 3 heterocycles. The molecule has 1 N–H and O–H groups in total. The number of fused-ring (bicyclic) bond motifs is 1. The Kier molecular flexibility index (Phi) is 5.72. The molecule has 1 aliphatic heterocycles. The molecule has 6 heteroatoms. The smallest absolute Gasteiger partial charge is 0.270 e. The van der Waals surface area contributed by atoms with Crippen molar-refractivity contribution in [3.8, 4) is 0 Å². The fourth-order valence-electron chi connectivity index (χ4n) is 3.84. The predicted molar refractivity (Wildman–Crippen MR) is 119 cm³/mol. The second-order valence-corrected chi connectivity index (χ2v) is 9.02. The zero-order valence-corrected chi connectivity index (χ0v) is 17.8. The maximum Gasteiger partial charge on any atom is 0.270 e. The van der Waals surface area contributed by atoms with Crippen molar-refractivity contribution in [2.24, 2.45) is 5.92 Å². The van der Waals surface area contributed by atoms with Crippen LogP contribution in [0.25, 0.3) is 10.9 Å². The van der Waals surface area contributed by atoms with Gasteiger partial charge < -0.3 is 14.8 Å². The van der Waals surface area contributed by atoms with Crippen molar-refractivity contribution in [1.29, 1.82) is 0 Å². The lowest BCUT2D eigenvalue weighted by atomic mass is 10.1. The molecule has 2 amide bonds. The summed E-state index contributed by atoms with van der Waals surface area (Å²) in [7, 11) is 0. The number of likely N-dealkylation sites (tertiary alicyclic amines) is 1. The van der Waals surface area contributed by atoms with Gasteiger partial charge in [-0.25, -0.2) is 0 Å².